The lowest BCUT2D eigenvalue weighted by atomic mass is 9.79. The molecule has 0 bridgehead atoms. The third kappa shape index (κ3) is 3.01. The van der Waals surface area contributed by atoms with Crippen molar-refractivity contribution < 1.29 is 0 Å². The Kier molecular flexibility index (Phi) is 4.29. The Hall–Kier alpha value is -0.490. The molecule has 2 rings (SSSR count). The number of aryl methyl sites for hydroxylation is 1. The van der Waals surface area contributed by atoms with Crippen molar-refractivity contribution in [2.45, 2.75) is 56.7 Å². The largest absolute Gasteiger partial charge is 0.123 e. The van der Waals surface area contributed by atoms with Gasteiger partial charge in [0.05, 0.1) is 0 Å². The normalized spacial score (nSPS) is 18.1. The molecule has 1 unspecified atom stereocenters. The lowest BCUT2D eigenvalue weighted by Gasteiger charge is -2.26. The summed E-state index contributed by atoms with van der Waals surface area (Å²) < 4.78 is 0. The maximum Gasteiger partial charge on any atom is 0.0336 e. The van der Waals surface area contributed by atoms with Crippen LogP contribution in [0.15, 0.2) is 24.3 Å². The van der Waals surface area contributed by atoms with Gasteiger partial charge in [0.2, 0.25) is 0 Å². The summed E-state index contributed by atoms with van der Waals surface area (Å²) in [4.78, 5) is 0. The molecule has 0 amide bonds. The Morgan fingerprint density at radius 1 is 1.38 bits per heavy atom. The van der Waals surface area contributed by atoms with Crippen molar-refractivity contribution >= 4 is 11.6 Å². The fraction of sp³-hybridized carbons (Fsp3) is 0.600. The number of hydrogen-bond acceptors (Lipinski definition) is 0. The highest BCUT2D eigenvalue weighted by atomic mass is 35.5. The topological polar surface area (TPSA) is 0 Å². The summed E-state index contributed by atoms with van der Waals surface area (Å²) in [7, 11) is 0. The first kappa shape index (κ1) is 12.0. The number of benzene rings is 1. The second-order valence-corrected chi connectivity index (χ2v) is 5.53. The van der Waals surface area contributed by atoms with Crippen molar-refractivity contribution in [1.82, 2.24) is 0 Å². The third-order valence-corrected chi connectivity index (χ3v) is 4.24. The van der Waals surface area contributed by atoms with E-state index in [0.717, 1.165) is 25.2 Å². The molecule has 88 valence electrons. The summed E-state index contributed by atoms with van der Waals surface area (Å²) in [5, 5.41) is 0.340. The van der Waals surface area contributed by atoms with Gasteiger partial charge < -0.3 is 0 Å². The van der Waals surface area contributed by atoms with Crippen LogP contribution >= 0.6 is 11.6 Å². The van der Waals surface area contributed by atoms with Gasteiger partial charge in [-0.25, -0.2) is 0 Å². The molecule has 0 aromatic heterocycles. The summed E-state index contributed by atoms with van der Waals surface area (Å²) >= 11 is 6.16. The van der Waals surface area contributed by atoms with Gasteiger partial charge in [0.15, 0.2) is 0 Å². The van der Waals surface area contributed by atoms with Crippen molar-refractivity contribution in [2.75, 3.05) is 0 Å². The van der Waals surface area contributed by atoms with Crippen LogP contribution < -0.4 is 0 Å². The van der Waals surface area contributed by atoms with Crippen molar-refractivity contribution in [3.63, 3.8) is 0 Å². The number of alkyl halides is 1. The highest BCUT2D eigenvalue weighted by Gasteiger charge is 2.19. The smallest absolute Gasteiger partial charge is 0.0336 e. The van der Waals surface area contributed by atoms with Gasteiger partial charge in [-0.3, -0.25) is 0 Å². The van der Waals surface area contributed by atoms with Gasteiger partial charge in [-0.05, 0) is 49.1 Å². The van der Waals surface area contributed by atoms with E-state index in [1.165, 1.54) is 24.8 Å². The number of hydrogen-bond donors (Lipinski definition) is 0. The molecule has 0 heterocycles. The van der Waals surface area contributed by atoms with E-state index in [1.54, 1.807) is 5.56 Å². The van der Waals surface area contributed by atoms with Crippen molar-refractivity contribution in [1.29, 1.82) is 0 Å². The average Bonchev–Trinajstić information content (AvgIpc) is 2.24. The Morgan fingerprint density at radius 3 is 2.81 bits per heavy atom. The molecule has 1 aliphatic carbocycles. The Bertz CT molecular complexity index is 328. The van der Waals surface area contributed by atoms with Crippen LogP contribution in [0.5, 0.6) is 0 Å². The fourth-order valence-electron chi connectivity index (χ4n) is 2.27. The van der Waals surface area contributed by atoms with Crippen molar-refractivity contribution in [3.8, 4) is 0 Å². The van der Waals surface area contributed by atoms with Gasteiger partial charge >= 0.3 is 0 Å². The molecule has 1 saturated carbocycles. The third-order valence-electron chi connectivity index (χ3n) is 3.72. The summed E-state index contributed by atoms with van der Waals surface area (Å²) in [5.41, 5.74) is 3.01. The molecule has 0 N–H and O–H groups in total. The minimum Gasteiger partial charge on any atom is -0.123 e. The predicted molar refractivity (Wildman–Crippen MR) is 71.3 cm³/mol. The van der Waals surface area contributed by atoms with Crippen LogP contribution in [0.1, 0.15) is 56.1 Å². The Morgan fingerprint density at radius 2 is 2.19 bits per heavy atom. The van der Waals surface area contributed by atoms with Crippen LogP contribution in [0.3, 0.4) is 0 Å². The van der Waals surface area contributed by atoms with Gasteiger partial charge in [-0.1, -0.05) is 37.6 Å². The number of halogens is 1. The highest BCUT2D eigenvalue weighted by Crippen LogP contribution is 2.36. The second kappa shape index (κ2) is 5.72. The van der Waals surface area contributed by atoms with E-state index < -0.39 is 0 Å². The van der Waals surface area contributed by atoms with Gasteiger partial charge in [-0.2, -0.15) is 0 Å². The van der Waals surface area contributed by atoms with Gasteiger partial charge in [0.1, 0.15) is 0 Å². The molecule has 1 aromatic carbocycles. The molecule has 1 heteroatoms. The van der Waals surface area contributed by atoms with E-state index in [4.69, 9.17) is 11.6 Å². The molecule has 16 heavy (non-hydrogen) atoms. The summed E-state index contributed by atoms with van der Waals surface area (Å²) in [6, 6.07) is 9.12. The zero-order valence-corrected chi connectivity index (χ0v) is 10.8. The van der Waals surface area contributed by atoms with Gasteiger partial charge in [0.25, 0.3) is 0 Å². The Balaban J connectivity index is 1.93. The quantitative estimate of drug-likeness (QED) is 0.638. The Labute approximate surface area is 104 Å². The van der Waals surface area contributed by atoms with Crippen LogP contribution in [0.4, 0.5) is 0 Å². The lowest BCUT2D eigenvalue weighted by molar-refractivity contribution is 0.419. The van der Waals surface area contributed by atoms with Gasteiger partial charge in [-0.15, -0.1) is 11.6 Å². The summed E-state index contributed by atoms with van der Waals surface area (Å²) in [5.74, 6) is 0.845. The van der Waals surface area contributed by atoms with E-state index in [1.807, 2.05) is 0 Å². The molecule has 0 saturated heterocycles. The average molecular weight is 237 g/mol. The summed E-state index contributed by atoms with van der Waals surface area (Å²) in [6.45, 7) is 2.16. The molecule has 0 aliphatic heterocycles. The minimum atomic E-state index is 0.340. The molecule has 0 nitrogen and oxygen atoms in total. The lowest BCUT2D eigenvalue weighted by Crippen LogP contribution is -2.09. The maximum atomic E-state index is 6.16. The molecular weight excluding hydrogens is 216 g/mol. The molecule has 1 aromatic rings. The SMILES string of the molecule is CCC(Cl)CCc1cccc(C2CCC2)c1. The summed E-state index contributed by atoms with van der Waals surface area (Å²) in [6.07, 6.45) is 7.49. The molecule has 1 aliphatic rings. The van der Waals surface area contributed by atoms with E-state index in [0.29, 0.717) is 5.38 Å². The van der Waals surface area contributed by atoms with Crippen molar-refractivity contribution in [2.24, 2.45) is 0 Å². The molecule has 1 atom stereocenters. The molecule has 0 radical (unpaired) electrons. The van der Waals surface area contributed by atoms with Crippen LogP contribution in [-0.4, -0.2) is 5.38 Å². The first-order valence-electron chi connectivity index (χ1n) is 6.52. The van der Waals surface area contributed by atoms with Crippen LogP contribution in [0, 0.1) is 0 Å². The van der Waals surface area contributed by atoms with E-state index in [2.05, 4.69) is 31.2 Å². The van der Waals surface area contributed by atoms with Crippen LogP contribution in [0.25, 0.3) is 0 Å². The van der Waals surface area contributed by atoms with E-state index in [-0.39, 0.29) is 0 Å². The zero-order valence-electron chi connectivity index (χ0n) is 10.1. The standard InChI is InChI=1S/C15H21Cl/c1-2-15(16)10-9-12-5-3-8-14(11-12)13-6-4-7-13/h3,5,8,11,13,15H,2,4,6-7,9-10H2,1H3. The van der Waals surface area contributed by atoms with Gasteiger partial charge in [0, 0.05) is 5.38 Å². The first-order chi connectivity index (χ1) is 7.79. The number of rotatable bonds is 5. The predicted octanol–water partition coefficient (Wildman–Crippen LogP) is 4.90. The molecular formula is C15H21Cl. The highest BCUT2D eigenvalue weighted by molar-refractivity contribution is 6.20. The second-order valence-electron chi connectivity index (χ2n) is 4.92. The van der Waals surface area contributed by atoms with Crippen molar-refractivity contribution in [3.05, 3.63) is 35.4 Å². The van der Waals surface area contributed by atoms with Crippen LogP contribution in [0.2, 0.25) is 0 Å². The maximum absolute atomic E-state index is 6.16. The minimum absolute atomic E-state index is 0.340. The first-order valence-corrected chi connectivity index (χ1v) is 6.96. The van der Waals surface area contributed by atoms with E-state index >= 15 is 0 Å². The van der Waals surface area contributed by atoms with Crippen LogP contribution in [-0.2, 0) is 6.42 Å². The molecule has 0 spiro atoms. The monoisotopic (exact) mass is 236 g/mol. The fourth-order valence-corrected chi connectivity index (χ4v) is 2.38. The molecule has 1 fully saturated rings. The van der Waals surface area contributed by atoms with E-state index in [9.17, 15) is 0 Å². The zero-order chi connectivity index (χ0) is 11.4.